The number of hydrogen-bond acceptors (Lipinski definition) is 4. The lowest BCUT2D eigenvalue weighted by atomic mass is 10.1. The number of halogens is 5. The van der Waals surface area contributed by atoms with Crippen molar-refractivity contribution in [2.24, 2.45) is 0 Å². The van der Waals surface area contributed by atoms with Gasteiger partial charge in [-0.25, -0.2) is 12.4 Å². The Labute approximate surface area is 188 Å². The summed E-state index contributed by atoms with van der Waals surface area (Å²) in [6.45, 7) is 0. The third kappa shape index (κ3) is 4.21. The molecule has 0 spiro atoms. The Morgan fingerprint density at radius 1 is 0.938 bits per heavy atom. The number of nitrogens with zero attached hydrogens (tertiary/aromatic N) is 1. The zero-order chi connectivity index (χ0) is 23.3. The van der Waals surface area contributed by atoms with Crippen LogP contribution in [0.15, 0.2) is 70.5 Å². The molecule has 2 aromatic carbocycles. The van der Waals surface area contributed by atoms with Gasteiger partial charge in [0.15, 0.2) is 4.90 Å². The van der Waals surface area contributed by atoms with Crippen LogP contribution in [0, 0.1) is 0 Å². The summed E-state index contributed by atoms with van der Waals surface area (Å²) in [5.74, 6) is -0.471. The molecular formula is C20H11Cl2F3N2O4S. The SMILES string of the molecule is O=c1[nH]cc(Cl)cc1S(=O)(=O)n1c(-c2ccc(OC(F)(F)F)cc2)cc2cc(Cl)ccc21. The topological polar surface area (TPSA) is 81.2 Å². The van der Waals surface area contributed by atoms with E-state index in [2.05, 4.69) is 9.72 Å². The highest BCUT2D eigenvalue weighted by Gasteiger charge is 2.31. The number of ether oxygens (including phenoxy) is 1. The fraction of sp³-hybridized carbons (Fsp3) is 0.0500. The minimum atomic E-state index is -4.87. The quantitative estimate of drug-likeness (QED) is 0.402. The summed E-state index contributed by atoms with van der Waals surface area (Å²) in [7, 11) is -4.47. The molecule has 0 unspecified atom stereocenters. The molecule has 12 heteroatoms. The number of hydrogen-bond donors (Lipinski definition) is 1. The Bertz CT molecular complexity index is 1490. The number of alkyl halides is 3. The minimum absolute atomic E-state index is 0.00196. The molecule has 4 aromatic rings. The number of benzene rings is 2. The molecule has 0 aliphatic rings. The van der Waals surface area contributed by atoms with E-state index in [4.69, 9.17) is 23.2 Å². The van der Waals surface area contributed by atoms with Crippen LogP contribution < -0.4 is 10.3 Å². The van der Waals surface area contributed by atoms with Crippen LogP contribution in [-0.4, -0.2) is 23.7 Å². The van der Waals surface area contributed by atoms with Crippen molar-refractivity contribution < 1.29 is 26.3 Å². The molecular weight excluding hydrogens is 492 g/mol. The first-order valence-electron chi connectivity index (χ1n) is 8.77. The third-order valence-electron chi connectivity index (χ3n) is 4.46. The van der Waals surface area contributed by atoms with E-state index in [0.29, 0.717) is 10.4 Å². The van der Waals surface area contributed by atoms with Gasteiger partial charge in [0.05, 0.1) is 16.2 Å². The van der Waals surface area contributed by atoms with Crippen molar-refractivity contribution >= 4 is 44.1 Å². The molecule has 0 aliphatic carbocycles. The van der Waals surface area contributed by atoms with Gasteiger partial charge in [0, 0.05) is 16.6 Å². The summed E-state index contributed by atoms with van der Waals surface area (Å²) in [5.41, 5.74) is -0.321. The molecule has 32 heavy (non-hydrogen) atoms. The number of fused-ring (bicyclic) bond motifs is 1. The van der Waals surface area contributed by atoms with E-state index in [9.17, 15) is 26.4 Å². The fourth-order valence-electron chi connectivity index (χ4n) is 3.18. The highest BCUT2D eigenvalue weighted by Crippen LogP contribution is 2.34. The smallest absolute Gasteiger partial charge is 0.406 e. The first-order valence-corrected chi connectivity index (χ1v) is 11.0. The molecule has 0 bridgehead atoms. The number of aromatic amines is 1. The van der Waals surface area contributed by atoms with Crippen LogP contribution in [0.1, 0.15) is 0 Å². The first-order chi connectivity index (χ1) is 15.0. The van der Waals surface area contributed by atoms with Gasteiger partial charge >= 0.3 is 6.36 Å². The van der Waals surface area contributed by atoms with Gasteiger partial charge in [-0.3, -0.25) is 4.79 Å². The third-order valence-corrected chi connectivity index (χ3v) is 6.64. The van der Waals surface area contributed by atoms with Crippen LogP contribution in [0.25, 0.3) is 22.2 Å². The molecule has 0 saturated heterocycles. The Kier molecular flexibility index (Phi) is 5.48. The lowest BCUT2D eigenvalue weighted by Crippen LogP contribution is -2.23. The molecule has 0 radical (unpaired) electrons. The Morgan fingerprint density at radius 3 is 2.28 bits per heavy atom. The summed E-state index contributed by atoms with van der Waals surface area (Å²) < 4.78 is 69.1. The lowest BCUT2D eigenvalue weighted by molar-refractivity contribution is -0.274. The van der Waals surface area contributed by atoms with Gasteiger partial charge in [-0.15, -0.1) is 13.2 Å². The van der Waals surface area contributed by atoms with Crippen molar-refractivity contribution in [2.75, 3.05) is 0 Å². The minimum Gasteiger partial charge on any atom is -0.406 e. The van der Waals surface area contributed by atoms with E-state index in [-0.39, 0.29) is 21.8 Å². The van der Waals surface area contributed by atoms with Crippen molar-refractivity contribution in [1.29, 1.82) is 0 Å². The van der Waals surface area contributed by atoms with Crippen molar-refractivity contribution in [2.45, 2.75) is 11.3 Å². The van der Waals surface area contributed by atoms with Crippen LogP contribution in [0.2, 0.25) is 10.0 Å². The van der Waals surface area contributed by atoms with Gasteiger partial charge in [-0.2, -0.15) is 0 Å². The zero-order valence-electron chi connectivity index (χ0n) is 15.7. The van der Waals surface area contributed by atoms with E-state index in [1.54, 1.807) is 0 Å². The fourth-order valence-corrected chi connectivity index (χ4v) is 5.19. The lowest BCUT2D eigenvalue weighted by Gasteiger charge is -2.13. The predicted molar refractivity (Wildman–Crippen MR) is 114 cm³/mol. The highest BCUT2D eigenvalue weighted by atomic mass is 35.5. The van der Waals surface area contributed by atoms with Crippen LogP contribution >= 0.6 is 23.2 Å². The van der Waals surface area contributed by atoms with Gasteiger partial charge < -0.3 is 9.72 Å². The van der Waals surface area contributed by atoms with E-state index in [0.717, 1.165) is 28.4 Å². The van der Waals surface area contributed by atoms with E-state index in [1.165, 1.54) is 36.4 Å². The number of aromatic nitrogens is 2. The average molecular weight is 503 g/mol. The van der Waals surface area contributed by atoms with Gasteiger partial charge in [-0.05, 0) is 60.2 Å². The van der Waals surface area contributed by atoms with E-state index in [1.807, 2.05) is 0 Å². The highest BCUT2D eigenvalue weighted by molar-refractivity contribution is 7.90. The molecule has 0 aliphatic heterocycles. The molecule has 4 rings (SSSR count). The molecule has 0 amide bonds. The summed E-state index contributed by atoms with van der Waals surface area (Å²) in [6.07, 6.45) is -3.72. The predicted octanol–water partition coefficient (Wildman–Crippen LogP) is 5.44. The Balaban J connectivity index is 1.96. The second kappa shape index (κ2) is 7.88. The second-order valence-corrected chi connectivity index (χ2v) is 9.21. The Morgan fingerprint density at radius 2 is 1.62 bits per heavy atom. The van der Waals surface area contributed by atoms with Crippen LogP contribution in [-0.2, 0) is 10.0 Å². The number of rotatable bonds is 4. The van der Waals surface area contributed by atoms with Gasteiger partial charge in [-0.1, -0.05) is 23.2 Å². The second-order valence-electron chi connectivity index (χ2n) is 6.59. The monoisotopic (exact) mass is 502 g/mol. The Hall–Kier alpha value is -2.95. The van der Waals surface area contributed by atoms with Crippen LogP contribution in [0.3, 0.4) is 0 Å². The summed E-state index contributed by atoms with van der Waals surface area (Å²) in [5, 5.41) is 0.774. The molecule has 0 saturated carbocycles. The van der Waals surface area contributed by atoms with E-state index >= 15 is 0 Å². The van der Waals surface area contributed by atoms with Crippen molar-refractivity contribution in [3.8, 4) is 17.0 Å². The van der Waals surface area contributed by atoms with Crippen molar-refractivity contribution in [1.82, 2.24) is 8.96 Å². The number of nitrogens with one attached hydrogen (secondary N) is 1. The van der Waals surface area contributed by atoms with E-state index < -0.39 is 32.6 Å². The van der Waals surface area contributed by atoms with Crippen LogP contribution in [0.4, 0.5) is 13.2 Å². The standard InChI is InChI=1S/C20H11Cl2F3N2O4S/c21-13-3-6-16-12(7-13)8-17(11-1-4-15(5-2-11)31-20(23,24)25)27(16)32(29,30)18-9-14(22)10-26-19(18)28/h1-10H,(H,26,28). The maximum Gasteiger partial charge on any atom is 0.573 e. The molecule has 2 heterocycles. The molecule has 1 N–H and O–H groups in total. The molecule has 2 aromatic heterocycles. The molecule has 0 fully saturated rings. The first kappa shape index (κ1) is 22.3. The zero-order valence-corrected chi connectivity index (χ0v) is 18.0. The summed E-state index contributed by atoms with van der Waals surface area (Å²) in [6, 6.07) is 11.6. The maximum atomic E-state index is 13.5. The molecule has 0 atom stereocenters. The summed E-state index contributed by atoms with van der Waals surface area (Å²) in [4.78, 5) is 13.9. The maximum absolute atomic E-state index is 13.5. The number of pyridine rings is 1. The van der Waals surface area contributed by atoms with Crippen molar-refractivity contribution in [3.63, 3.8) is 0 Å². The van der Waals surface area contributed by atoms with Gasteiger partial charge in [0.2, 0.25) is 0 Å². The van der Waals surface area contributed by atoms with Crippen molar-refractivity contribution in [3.05, 3.63) is 81.2 Å². The van der Waals surface area contributed by atoms with Gasteiger partial charge in [0.25, 0.3) is 15.6 Å². The average Bonchev–Trinajstić information content (AvgIpc) is 3.08. The normalized spacial score (nSPS) is 12.3. The largest absolute Gasteiger partial charge is 0.573 e. The van der Waals surface area contributed by atoms with Crippen LogP contribution in [0.5, 0.6) is 5.75 Å². The molecule has 6 nitrogen and oxygen atoms in total. The molecule has 166 valence electrons. The number of H-pyrrole nitrogens is 1. The van der Waals surface area contributed by atoms with Gasteiger partial charge in [0.1, 0.15) is 5.75 Å². The summed E-state index contributed by atoms with van der Waals surface area (Å²) >= 11 is 11.9.